The van der Waals surface area contributed by atoms with Crippen LogP contribution in [0.3, 0.4) is 0 Å². The molecule has 110 valence electrons. The van der Waals surface area contributed by atoms with Crippen molar-refractivity contribution < 1.29 is 9.13 Å². The molecule has 0 saturated heterocycles. The van der Waals surface area contributed by atoms with Gasteiger partial charge in [0.15, 0.2) is 11.6 Å². The Kier molecular flexibility index (Phi) is 3.85. The molecule has 3 rings (SSSR count). The number of halogens is 1. The number of rotatable bonds is 4. The maximum absolute atomic E-state index is 14.1. The molecule has 0 radical (unpaired) electrons. The molecule has 0 unspecified atom stereocenters. The fourth-order valence-corrected chi connectivity index (χ4v) is 2.20. The number of hydrogen-bond acceptors (Lipinski definition) is 4. The quantitative estimate of drug-likeness (QED) is 0.934. The standard InChI is InChI=1S/C15H17FN4O/c1-20-9-11(8-19-20)10-21-14-4-3-12(7-13(14)16)15-17-5-2-6-18-15/h3-4,7-9H,2,5-6,10H2,1H3,(H,17,18). The van der Waals surface area contributed by atoms with Crippen molar-refractivity contribution >= 4 is 5.84 Å². The molecule has 0 bridgehead atoms. The molecule has 1 N–H and O–H groups in total. The molecule has 1 aromatic heterocycles. The Bertz CT molecular complexity index is 665. The van der Waals surface area contributed by atoms with E-state index in [2.05, 4.69) is 15.4 Å². The molecule has 0 aliphatic carbocycles. The van der Waals surface area contributed by atoms with Crippen molar-refractivity contribution in [2.24, 2.45) is 12.0 Å². The number of amidine groups is 1. The highest BCUT2D eigenvalue weighted by atomic mass is 19.1. The molecule has 21 heavy (non-hydrogen) atoms. The Hall–Kier alpha value is -2.37. The van der Waals surface area contributed by atoms with Crippen molar-refractivity contribution in [2.75, 3.05) is 13.1 Å². The molecule has 1 aromatic carbocycles. The Balaban J connectivity index is 1.70. The third-order valence-corrected chi connectivity index (χ3v) is 3.26. The van der Waals surface area contributed by atoms with Crippen molar-refractivity contribution in [3.8, 4) is 5.75 Å². The summed E-state index contributed by atoms with van der Waals surface area (Å²) in [6.45, 7) is 1.95. The second-order valence-electron chi connectivity index (χ2n) is 4.97. The Labute approximate surface area is 122 Å². The lowest BCUT2D eigenvalue weighted by molar-refractivity contribution is 0.290. The molecule has 0 fully saturated rings. The van der Waals surface area contributed by atoms with Crippen LogP contribution >= 0.6 is 0 Å². The fraction of sp³-hybridized carbons (Fsp3) is 0.333. The van der Waals surface area contributed by atoms with Crippen LogP contribution in [-0.2, 0) is 13.7 Å². The van der Waals surface area contributed by atoms with Crippen LogP contribution in [-0.4, -0.2) is 28.7 Å². The highest BCUT2D eigenvalue weighted by molar-refractivity contribution is 5.99. The topological polar surface area (TPSA) is 51.4 Å². The highest BCUT2D eigenvalue weighted by Gasteiger charge is 2.11. The van der Waals surface area contributed by atoms with Gasteiger partial charge in [0.1, 0.15) is 12.4 Å². The van der Waals surface area contributed by atoms with Gasteiger partial charge < -0.3 is 10.1 Å². The maximum atomic E-state index is 14.1. The van der Waals surface area contributed by atoms with Crippen LogP contribution in [0.1, 0.15) is 17.5 Å². The van der Waals surface area contributed by atoms with Gasteiger partial charge in [-0.3, -0.25) is 9.67 Å². The molecule has 2 heterocycles. The van der Waals surface area contributed by atoms with Crippen LogP contribution < -0.4 is 10.1 Å². The Morgan fingerprint density at radius 3 is 3.00 bits per heavy atom. The first kappa shape index (κ1) is 13.6. The average molecular weight is 288 g/mol. The lowest BCUT2D eigenvalue weighted by Crippen LogP contribution is -2.30. The van der Waals surface area contributed by atoms with Crippen LogP contribution in [0.25, 0.3) is 0 Å². The summed E-state index contributed by atoms with van der Waals surface area (Å²) in [6, 6.07) is 4.91. The van der Waals surface area contributed by atoms with Crippen LogP contribution in [0, 0.1) is 5.82 Å². The summed E-state index contributed by atoms with van der Waals surface area (Å²) < 4.78 is 21.3. The molecule has 0 spiro atoms. The fourth-order valence-electron chi connectivity index (χ4n) is 2.20. The van der Waals surface area contributed by atoms with Gasteiger partial charge in [-0.25, -0.2) is 4.39 Å². The summed E-state index contributed by atoms with van der Waals surface area (Å²) in [5, 5.41) is 7.22. The second kappa shape index (κ2) is 5.95. The molecule has 0 atom stereocenters. The van der Waals surface area contributed by atoms with Crippen molar-refractivity contribution in [1.82, 2.24) is 15.1 Å². The summed E-state index contributed by atoms with van der Waals surface area (Å²) in [5.74, 6) is 0.601. The normalized spacial score (nSPS) is 14.5. The van der Waals surface area contributed by atoms with Gasteiger partial charge in [0.2, 0.25) is 0 Å². The number of nitrogens with one attached hydrogen (secondary N) is 1. The van der Waals surface area contributed by atoms with Gasteiger partial charge in [0.25, 0.3) is 0 Å². The van der Waals surface area contributed by atoms with Gasteiger partial charge in [0, 0.05) is 37.5 Å². The molecule has 5 nitrogen and oxygen atoms in total. The Morgan fingerprint density at radius 2 is 2.33 bits per heavy atom. The number of hydrogen-bond donors (Lipinski definition) is 1. The van der Waals surface area contributed by atoms with Crippen molar-refractivity contribution in [3.05, 3.63) is 47.5 Å². The minimum absolute atomic E-state index is 0.235. The van der Waals surface area contributed by atoms with E-state index >= 15 is 0 Å². The maximum Gasteiger partial charge on any atom is 0.165 e. The lowest BCUT2D eigenvalue weighted by atomic mass is 10.1. The zero-order chi connectivity index (χ0) is 14.7. The van der Waals surface area contributed by atoms with Gasteiger partial charge in [-0.1, -0.05) is 0 Å². The van der Waals surface area contributed by atoms with E-state index < -0.39 is 0 Å². The Morgan fingerprint density at radius 1 is 1.43 bits per heavy atom. The van der Waals surface area contributed by atoms with E-state index in [1.807, 2.05) is 19.3 Å². The molecular formula is C15H17FN4O. The van der Waals surface area contributed by atoms with Gasteiger partial charge in [-0.2, -0.15) is 5.10 Å². The summed E-state index contributed by atoms with van der Waals surface area (Å²) in [6.07, 6.45) is 4.55. The number of nitrogens with zero attached hydrogens (tertiary/aromatic N) is 3. The SMILES string of the molecule is Cn1cc(COc2ccc(C3=NCCCN3)cc2F)cn1. The van der Waals surface area contributed by atoms with E-state index in [-0.39, 0.29) is 11.6 Å². The van der Waals surface area contributed by atoms with Crippen molar-refractivity contribution in [2.45, 2.75) is 13.0 Å². The van der Waals surface area contributed by atoms with E-state index in [9.17, 15) is 4.39 Å². The van der Waals surface area contributed by atoms with E-state index in [1.165, 1.54) is 6.07 Å². The summed E-state index contributed by atoms with van der Waals surface area (Å²) >= 11 is 0. The second-order valence-corrected chi connectivity index (χ2v) is 4.97. The minimum atomic E-state index is -0.383. The minimum Gasteiger partial charge on any atom is -0.486 e. The van der Waals surface area contributed by atoms with Gasteiger partial charge >= 0.3 is 0 Å². The number of ether oxygens (including phenoxy) is 1. The zero-order valence-electron chi connectivity index (χ0n) is 11.8. The first-order valence-corrected chi connectivity index (χ1v) is 6.91. The number of aromatic nitrogens is 2. The van der Waals surface area contributed by atoms with Gasteiger partial charge in [-0.15, -0.1) is 0 Å². The summed E-state index contributed by atoms with van der Waals surface area (Å²) in [5.41, 5.74) is 1.65. The van der Waals surface area contributed by atoms with Gasteiger partial charge in [0.05, 0.1) is 6.20 Å². The molecule has 1 aliphatic heterocycles. The summed E-state index contributed by atoms with van der Waals surface area (Å²) in [4.78, 5) is 4.35. The molecule has 0 amide bonds. The summed E-state index contributed by atoms with van der Waals surface area (Å²) in [7, 11) is 1.83. The smallest absolute Gasteiger partial charge is 0.165 e. The number of aryl methyl sites for hydroxylation is 1. The number of aliphatic imine (C=N–C) groups is 1. The average Bonchev–Trinajstić information content (AvgIpc) is 2.92. The zero-order valence-corrected chi connectivity index (χ0v) is 11.8. The van der Waals surface area contributed by atoms with Crippen LogP contribution in [0.15, 0.2) is 35.6 Å². The number of benzene rings is 1. The largest absolute Gasteiger partial charge is 0.486 e. The van der Waals surface area contributed by atoms with Crippen LogP contribution in [0.2, 0.25) is 0 Å². The van der Waals surface area contributed by atoms with Gasteiger partial charge in [-0.05, 0) is 24.6 Å². The third kappa shape index (κ3) is 3.21. The molecule has 2 aromatic rings. The van der Waals surface area contributed by atoms with Crippen molar-refractivity contribution in [1.29, 1.82) is 0 Å². The van der Waals surface area contributed by atoms with E-state index in [0.717, 1.165) is 36.5 Å². The molecular weight excluding hydrogens is 271 g/mol. The molecule has 0 saturated carbocycles. The highest BCUT2D eigenvalue weighted by Crippen LogP contribution is 2.20. The predicted molar refractivity (Wildman–Crippen MR) is 78.0 cm³/mol. The first-order chi connectivity index (χ1) is 10.2. The van der Waals surface area contributed by atoms with E-state index in [4.69, 9.17) is 4.74 Å². The predicted octanol–water partition coefficient (Wildman–Crippen LogP) is 1.88. The van der Waals surface area contributed by atoms with E-state index in [1.54, 1.807) is 16.9 Å². The first-order valence-electron chi connectivity index (χ1n) is 6.91. The van der Waals surface area contributed by atoms with Crippen molar-refractivity contribution in [3.63, 3.8) is 0 Å². The van der Waals surface area contributed by atoms with E-state index in [0.29, 0.717) is 6.61 Å². The third-order valence-electron chi connectivity index (χ3n) is 3.26. The van der Waals surface area contributed by atoms with Crippen LogP contribution in [0.5, 0.6) is 5.75 Å². The van der Waals surface area contributed by atoms with Crippen LogP contribution in [0.4, 0.5) is 4.39 Å². The lowest BCUT2D eigenvalue weighted by Gasteiger charge is -2.15. The molecule has 1 aliphatic rings. The monoisotopic (exact) mass is 288 g/mol. The molecule has 6 heteroatoms.